The van der Waals surface area contributed by atoms with Gasteiger partial charge in [0.05, 0.1) is 24.7 Å². The van der Waals surface area contributed by atoms with E-state index in [-0.39, 0.29) is 19.1 Å². The third-order valence-electron chi connectivity index (χ3n) is 7.26. The molecule has 0 spiro atoms. The number of rotatable bonds is 11. The Balaban J connectivity index is 0.000000337. The molecule has 0 aliphatic carbocycles. The van der Waals surface area contributed by atoms with Crippen molar-refractivity contribution in [2.24, 2.45) is 0 Å². The van der Waals surface area contributed by atoms with Crippen LogP contribution in [0.2, 0.25) is 0 Å². The molecule has 2 saturated heterocycles. The average Bonchev–Trinajstić information content (AvgIpc) is 2.91. The highest BCUT2D eigenvalue weighted by Crippen LogP contribution is 2.30. The van der Waals surface area contributed by atoms with Gasteiger partial charge in [0.1, 0.15) is 5.75 Å². The fourth-order valence-corrected chi connectivity index (χ4v) is 7.09. The highest BCUT2D eigenvalue weighted by molar-refractivity contribution is 7.89. The van der Waals surface area contributed by atoms with Crippen LogP contribution in [-0.2, 0) is 24.3 Å². The molecule has 12 heteroatoms. The molecule has 1 aromatic rings. The molecule has 2 aliphatic rings. The van der Waals surface area contributed by atoms with Crippen LogP contribution in [0.1, 0.15) is 31.4 Å². The predicted molar refractivity (Wildman–Crippen MR) is 156 cm³/mol. The maximum absolute atomic E-state index is 13.4. The molecule has 2 amide bonds. The van der Waals surface area contributed by atoms with Gasteiger partial charge in [-0.3, -0.25) is 14.5 Å². The van der Waals surface area contributed by atoms with Crippen LogP contribution < -0.4 is 4.74 Å². The van der Waals surface area contributed by atoms with E-state index in [1.165, 1.54) is 17.6 Å². The fraction of sp³-hybridized carbons (Fsp3) is 0.714. The predicted octanol–water partition coefficient (Wildman–Crippen LogP) is 1.28. The van der Waals surface area contributed by atoms with Gasteiger partial charge in [-0.1, -0.05) is 0 Å². The molecule has 2 heterocycles. The van der Waals surface area contributed by atoms with Gasteiger partial charge in [-0.15, -0.1) is 0 Å². The standard InChI is InChI=1S/C18H28N2O5S.C10H21N3O/c1-6-25-12-16-11-19(15(4)21)7-8-20(16)26(22,23)18-13(2)9-17(24-5)10-14(18)3;1-11(2)4-3-5-12-6-8-13(10-14)9-7-12/h9-10,16H,6-8,11-12H2,1-5H3;10H,3-9H2,1-2H3. The molecule has 1 atom stereocenters. The Kier molecular flexibility index (Phi) is 13.8. The van der Waals surface area contributed by atoms with E-state index in [0.717, 1.165) is 45.7 Å². The number of ether oxygens (including phenoxy) is 2. The van der Waals surface area contributed by atoms with Crippen LogP contribution in [0.15, 0.2) is 17.0 Å². The molecular formula is C28H49N5O6S. The molecule has 228 valence electrons. The van der Waals surface area contributed by atoms with Crippen LogP contribution in [0.3, 0.4) is 0 Å². The molecule has 0 bridgehead atoms. The van der Waals surface area contributed by atoms with Crippen LogP contribution in [0.5, 0.6) is 5.75 Å². The third kappa shape index (κ3) is 9.69. The summed E-state index contributed by atoms with van der Waals surface area (Å²) in [6.45, 7) is 14.8. The number of nitrogens with zero attached hydrogens (tertiary/aromatic N) is 5. The molecule has 2 aliphatic heterocycles. The van der Waals surface area contributed by atoms with Gasteiger partial charge in [-0.05, 0) is 77.6 Å². The van der Waals surface area contributed by atoms with Gasteiger partial charge < -0.3 is 24.2 Å². The zero-order chi connectivity index (χ0) is 29.9. The number of benzene rings is 1. The number of carbonyl (C=O) groups excluding carboxylic acids is 2. The first-order valence-corrected chi connectivity index (χ1v) is 15.4. The van der Waals surface area contributed by atoms with Gasteiger partial charge in [0, 0.05) is 59.3 Å². The minimum absolute atomic E-state index is 0.0552. The van der Waals surface area contributed by atoms with E-state index in [1.54, 1.807) is 38.0 Å². The van der Waals surface area contributed by atoms with Crippen LogP contribution in [0.4, 0.5) is 0 Å². The maximum atomic E-state index is 13.4. The molecule has 0 aromatic heterocycles. The highest BCUT2D eigenvalue weighted by atomic mass is 32.2. The molecule has 1 aromatic carbocycles. The lowest BCUT2D eigenvalue weighted by atomic mass is 10.1. The summed E-state index contributed by atoms with van der Waals surface area (Å²) in [5.41, 5.74) is 1.29. The SMILES string of the molecule is CCOCC1CN(C(C)=O)CCN1S(=O)(=O)c1c(C)cc(OC)cc1C.CN(C)CCCN1CCN(C=O)CC1. The minimum atomic E-state index is -3.72. The van der Waals surface area contributed by atoms with Crippen molar-refractivity contribution in [1.82, 2.24) is 23.9 Å². The molecule has 11 nitrogen and oxygen atoms in total. The Morgan fingerprint density at radius 2 is 1.70 bits per heavy atom. The largest absolute Gasteiger partial charge is 0.497 e. The van der Waals surface area contributed by atoms with Crippen LogP contribution in [-0.4, -0.2) is 144 Å². The van der Waals surface area contributed by atoms with E-state index in [2.05, 4.69) is 23.9 Å². The number of sulfonamides is 1. The lowest BCUT2D eigenvalue weighted by molar-refractivity contribution is -0.131. The Morgan fingerprint density at radius 3 is 2.20 bits per heavy atom. The van der Waals surface area contributed by atoms with Crippen molar-refractivity contribution < 1.29 is 27.5 Å². The summed E-state index contributed by atoms with van der Waals surface area (Å²) in [7, 11) is 2.04. The minimum Gasteiger partial charge on any atom is -0.497 e. The molecular weight excluding hydrogens is 534 g/mol. The summed E-state index contributed by atoms with van der Waals surface area (Å²) in [4.78, 5) is 30.7. The topological polar surface area (TPSA) is 103 Å². The number of hydrogen-bond donors (Lipinski definition) is 0. The third-order valence-corrected chi connectivity index (χ3v) is 9.52. The smallest absolute Gasteiger partial charge is 0.244 e. The summed E-state index contributed by atoms with van der Waals surface area (Å²) in [5.74, 6) is 0.576. The zero-order valence-electron chi connectivity index (χ0n) is 25.4. The lowest BCUT2D eigenvalue weighted by Crippen LogP contribution is -2.57. The zero-order valence-corrected chi connectivity index (χ0v) is 26.2. The van der Waals surface area contributed by atoms with E-state index in [9.17, 15) is 18.0 Å². The normalized spacial score (nSPS) is 18.9. The van der Waals surface area contributed by atoms with Crippen molar-refractivity contribution in [2.45, 2.75) is 45.1 Å². The van der Waals surface area contributed by atoms with Crippen molar-refractivity contribution in [3.05, 3.63) is 23.3 Å². The number of methoxy groups -OCH3 is 1. The highest BCUT2D eigenvalue weighted by Gasteiger charge is 2.38. The molecule has 40 heavy (non-hydrogen) atoms. The number of amides is 2. The van der Waals surface area contributed by atoms with Crippen molar-refractivity contribution in [2.75, 3.05) is 93.3 Å². The maximum Gasteiger partial charge on any atom is 0.244 e. The Bertz CT molecular complexity index is 1040. The first-order valence-electron chi connectivity index (χ1n) is 14.0. The average molecular weight is 584 g/mol. The number of hydrogen-bond acceptors (Lipinski definition) is 8. The fourth-order valence-electron chi connectivity index (χ4n) is 5.09. The molecule has 0 N–H and O–H groups in total. The Labute approximate surface area is 241 Å². The van der Waals surface area contributed by atoms with E-state index in [0.29, 0.717) is 41.5 Å². The molecule has 3 rings (SSSR count). The van der Waals surface area contributed by atoms with Gasteiger partial charge in [0.25, 0.3) is 0 Å². The van der Waals surface area contributed by atoms with Crippen LogP contribution in [0.25, 0.3) is 0 Å². The summed E-state index contributed by atoms with van der Waals surface area (Å²) >= 11 is 0. The van der Waals surface area contributed by atoms with Crippen molar-refractivity contribution in [1.29, 1.82) is 0 Å². The van der Waals surface area contributed by atoms with Gasteiger partial charge in [0.15, 0.2) is 0 Å². The van der Waals surface area contributed by atoms with Gasteiger partial charge >= 0.3 is 0 Å². The van der Waals surface area contributed by atoms with Crippen molar-refractivity contribution >= 4 is 22.3 Å². The summed E-state index contributed by atoms with van der Waals surface area (Å²) in [6, 6.07) is 3.05. The number of aryl methyl sites for hydroxylation is 2. The quantitative estimate of drug-likeness (QED) is 0.359. The van der Waals surface area contributed by atoms with Gasteiger partial charge in [0.2, 0.25) is 22.3 Å². The van der Waals surface area contributed by atoms with Crippen LogP contribution >= 0.6 is 0 Å². The van der Waals surface area contributed by atoms with Crippen LogP contribution in [0, 0.1) is 13.8 Å². The molecule has 0 saturated carbocycles. The second-order valence-corrected chi connectivity index (χ2v) is 12.5. The van der Waals surface area contributed by atoms with E-state index >= 15 is 0 Å². The first kappa shape index (κ1) is 34.0. The lowest BCUT2D eigenvalue weighted by Gasteiger charge is -2.40. The van der Waals surface area contributed by atoms with E-state index < -0.39 is 16.1 Å². The molecule has 0 radical (unpaired) electrons. The first-order chi connectivity index (χ1) is 18.9. The summed E-state index contributed by atoms with van der Waals surface area (Å²) < 4.78 is 39.0. The number of piperazine rings is 2. The Hall–Kier alpha value is -2.25. The summed E-state index contributed by atoms with van der Waals surface area (Å²) in [6.07, 6.45) is 2.17. The second kappa shape index (κ2) is 16.3. The van der Waals surface area contributed by atoms with E-state index in [4.69, 9.17) is 9.47 Å². The molecule has 1 unspecified atom stereocenters. The number of carbonyl (C=O) groups is 2. The van der Waals surface area contributed by atoms with Gasteiger partial charge in [-0.2, -0.15) is 4.31 Å². The monoisotopic (exact) mass is 583 g/mol. The van der Waals surface area contributed by atoms with Crippen molar-refractivity contribution in [3.8, 4) is 5.75 Å². The summed E-state index contributed by atoms with van der Waals surface area (Å²) in [5, 5.41) is 0. The van der Waals surface area contributed by atoms with E-state index in [1.807, 2.05) is 11.8 Å². The van der Waals surface area contributed by atoms with Gasteiger partial charge in [-0.25, -0.2) is 8.42 Å². The second-order valence-electron chi connectivity index (χ2n) is 10.6. The Morgan fingerprint density at radius 1 is 1.07 bits per heavy atom. The molecule has 2 fully saturated rings. The van der Waals surface area contributed by atoms with Crippen molar-refractivity contribution in [3.63, 3.8) is 0 Å².